The predicted octanol–water partition coefficient (Wildman–Crippen LogP) is 21.7. The third-order valence-corrected chi connectivity index (χ3v) is 13.6. The number of ether oxygens (including phenoxy) is 3. The maximum atomic E-state index is 12.9. The molecule has 0 bridgehead atoms. The second-order valence-electron chi connectivity index (χ2n) is 20.9. The van der Waals surface area contributed by atoms with Gasteiger partial charge in [0.05, 0.1) is 0 Å². The van der Waals surface area contributed by atoms with Gasteiger partial charge in [0.1, 0.15) is 13.2 Å². The standard InChI is InChI=1S/C69H118O6/c1-4-7-10-13-16-18-20-22-24-26-28-30-31-32-33-34-35-36-37-39-40-42-44-46-48-50-53-56-59-62-68(71)74-65-66(64-73-67(70)61-58-55-52-15-12-9-6-3)75-69(72)63-60-57-54-51-49-47-45-43-41-38-29-27-25-23-21-19-17-14-11-8-5-2/h7,10,16,18,22,24,27-30,32-33,35-36,39-40,66H,4-6,8-9,11-15,17,19-21,23,25-26,31,34,37-38,41-65H2,1-3H3/b10-7-,18-16-,24-22-,29-27-,30-28-,33-32-,36-35-,40-39-. The predicted molar refractivity (Wildman–Crippen MR) is 325 cm³/mol. The first-order chi connectivity index (χ1) is 37.0. The molecule has 0 aromatic carbocycles. The number of carbonyl (C=O) groups is 3. The van der Waals surface area contributed by atoms with Gasteiger partial charge in [0.15, 0.2) is 6.10 Å². The van der Waals surface area contributed by atoms with Gasteiger partial charge in [0, 0.05) is 19.3 Å². The summed E-state index contributed by atoms with van der Waals surface area (Å²) in [6, 6.07) is 0. The van der Waals surface area contributed by atoms with Gasteiger partial charge < -0.3 is 14.2 Å². The van der Waals surface area contributed by atoms with E-state index >= 15 is 0 Å². The number of carbonyl (C=O) groups excluding carboxylic acids is 3. The quantitative estimate of drug-likeness (QED) is 0.0261. The minimum Gasteiger partial charge on any atom is -0.462 e. The molecule has 0 heterocycles. The molecule has 0 radical (unpaired) electrons. The number of hydrogen-bond acceptors (Lipinski definition) is 6. The number of hydrogen-bond donors (Lipinski definition) is 0. The number of allylic oxidation sites excluding steroid dienone is 16. The van der Waals surface area contributed by atoms with Crippen LogP contribution in [0.15, 0.2) is 97.2 Å². The zero-order chi connectivity index (χ0) is 54.3. The molecule has 0 saturated carbocycles. The van der Waals surface area contributed by atoms with Crippen molar-refractivity contribution in [2.75, 3.05) is 13.2 Å². The van der Waals surface area contributed by atoms with Crippen molar-refractivity contribution in [3.63, 3.8) is 0 Å². The smallest absolute Gasteiger partial charge is 0.306 e. The molecule has 0 aliphatic carbocycles. The Morgan fingerprint density at radius 1 is 0.280 bits per heavy atom. The minimum atomic E-state index is -0.781. The van der Waals surface area contributed by atoms with Gasteiger partial charge in [-0.25, -0.2) is 0 Å². The highest BCUT2D eigenvalue weighted by atomic mass is 16.6. The van der Waals surface area contributed by atoms with E-state index in [0.29, 0.717) is 19.3 Å². The molecule has 6 heteroatoms. The average molecular weight is 1040 g/mol. The fourth-order valence-electron chi connectivity index (χ4n) is 8.83. The van der Waals surface area contributed by atoms with Crippen LogP contribution in [-0.2, 0) is 28.6 Å². The SMILES string of the molecule is CC/C=C\C/C=C\C/C=C\C/C=C\C/C=C\C/C=C\C/C=C\CCCCCCCCCC(=O)OCC(COC(=O)CCCCCCCCC)OC(=O)CCCCCCCCCCC/C=C\CCCCCCCCCC. The molecule has 1 atom stereocenters. The summed E-state index contributed by atoms with van der Waals surface area (Å²) in [5.41, 5.74) is 0. The number of rotatable bonds is 57. The molecule has 0 aromatic rings. The topological polar surface area (TPSA) is 78.9 Å². The third kappa shape index (κ3) is 61.1. The molecule has 430 valence electrons. The van der Waals surface area contributed by atoms with Gasteiger partial charge in [0.2, 0.25) is 0 Å². The van der Waals surface area contributed by atoms with E-state index in [9.17, 15) is 14.4 Å². The summed E-state index contributed by atoms with van der Waals surface area (Å²) in [5, 5.41) is 0. The number of unbranched alkanes of at least 4 members (excludes halogenated alkanes) is 30. The molecule has 6 nitrogen and oxygen atoms in total. The van der Waals surface area contributed by atoms with E-state index in [0.717, 1.165) is 109 Å². The van der Waals surface area contributed by atoms with Crippen molar-refractivity contribution in [3.8, 4) is 0 Å². The first-order valence-corrected chi connectivity index (χ1v) is 31.7. The summed E-state index contributed by atoms with van der Waals surface area (Å²) in [7, 11) is 0. The highest BCUT2D eigenvalue weighted by molar-refractivity contribution is 5.71. The lowest BCUT2D eigenvalue weighted by molar-refractivity contribution is -0.167. The molecule has 0 aromatic heterocycles. The highest BCUT2D eigenvalue weighted by Crippen LogP contribution is 2.16. The molecule has 0 spiro atoms. The average Bonchev–Trinajstić information content (AvgIpc) is 3.41. The normalized spacial score (nSPS) is 12.7. The fourth-order valence-corrected chi connectivity index (χ4v) is 8.83. The molecule has 75 heavy (non-hydrogen) atoms. The van der Waals surface area contributed by atoms with Crippen molar-refractivity contribution >= 4 is 17.9 Å². The summed E-state index contributed by atoms with van der Waals surface area (Å²) in [6.45, 7) is 6.49. The molecular formula is C69H118O6. The molecule has 0 rings (SSSR count). The zero-order valence-corrected chi connectivity index (χ0v) is 49.3. The van der Waals surface area contributed by atoms with Gasteiger partial charge in [-0.15, -0.1) is 0 Å². The Bertz CT molecular complexity index is 1480. The molecule has 0 N–H and O–H groups in total. The van der Waals surface area contributed by atoms with Gasteiger partial charge >= 0.3 is 17.9 Å². The van der Waals surface area contributed by atoms with Crippen LogP contribution >= 0.6 is 0 Å². The lowest BCUT2D eigenvalue weighted by atomic mass is 10.1. The molecule has 0 aliphatic rings. The van der Waals surface area contributed by atoms with E-state index in [4.69, 9.17) is 14.2 Å². The monoisotopic (exact) mass is 1040 g/mol. The Labute approximate surface area is 464 Å². The maximum Gasteiger partial charge on any atom is 0.306 e. The Morgan fingerprint density at radius 3 is 0.827 bits per heavy atom. The Balaban J connectivity index is 4.18. The van der Waals surface area contributed by atoms with Gasteiger partial charge in [-0.2, -0.15) is 0 Å². The van der Waals surface area contributed by atoms with Crippen LogP contribution in [0.1, 0.15) is 303 Å². The van der Waals surface area contributed by atoms with Crippen molar-refractivity contribution in [1.29, 1.82) is 0 Å². The van der Waals surface area contributed by atoms with Crippen LogP contribution in [0.4, 0.5) is 0 Å². The third-order valence-electron chi connectivity index (χ3n) is 13.6. The summed E-state index contributed by atoms with van der Waals surface area (Å²) < 4.78 is 16.8. The molecular weight excluding hydrogens is 925 g/mol. The first-order valence-electron chi connectivity index (χ1n) is 31.7. The fraction of sp³-hybridized carbons (Fsp3) is 0.725. The van der Waals surface area contributed by atoms with Gasteiger partial charge in [0.25, 0.3) is 0 Å². The zero-order valence-electron chi connectivity index (χ0n) is 49.3. The Kier molecular flexibility index (Phi) is 59.8. The van der Waals surface area contributed by atoms with Crippen LogP contribution < -0.4 is 0 Å². The van der Waals surface area contributed by atoms with Crippen LogP contribution in [-0.4, -0.2) is 37.2 Å². The second kappa shape index (κ2) is 62.9. The van der Waals surface area contributed by atoms with E-state index in [-0.39, 0.29) is 31.1 Å². The van der Waals surface area contributed by atoms with Crippen LogP contribution in [0.5, 0.6) is 0 Å². The van der Waals surface area contributed by atoms with Crippen molar-refractivity contribution in [1.82, 2.24) is 0 Å². The van der Waals surface area contributed by atoms with Crippen LogP contribution in [0, 0.1) is 0 Å². The maximum absolute atomic E-state index is 12.9. The van der Waals surface area contributed by atoms with Crippen molar-refractivity contribution in [2.45, 2.75) is 309 Å². The first kappa shape index (κ1) is 71.3. The van der Waals surface area contributed by atoms with E-state index < -0.39 is 6.10 Å². The van der Waals surface area contributed by atoms with E-state index in [1.54, 1.807) is 0 Å². The summed E-state index contributed by atoms with van der Waals surface area (Å²) >= 11 is 0. The largest absolute Gasteiger partial charge is 0.462 e. The van der Waals surface area contributed by atoms with Gasteiger partial charge in [-0.1, -0.05) is 279 Å². The van der Waals surface area contributed by atoms with Gasteiger partial charge in [-0.05, 0) is 103 Å². The molecule has 0 amide bonds. The summed E-state index contributed by atoms with van der Waals surface area (Å²) in [6.07, 6.45) is 84.3. The number of esters is 3. The molecule has 0 saturated heterocycles. The van der Waals surface area contributed by atoms with E-state index in [2.05, 4.69) is 118 Å². The molecule has 0 aliphatic heterocycles. The molecule has 1 unspecified atom stereocenters. The van der Waals surface area contributed by atoms with Crippen LogP contribution in [0.2, 0.25) is 0 Å². The summed E-state index contributed by atoms with van der Waals surface area (Å²) in [5.74, 6) is -0.893. The second-order valence-corrected chi connectivity index (χ2v) is 20.9. The Morgan fingerprint density at radius 2 is 0.520 bits per heavy atom. The Hall–Kier alpha value is -3.67. The lowest BCUT2D eigenvalue weighted by Crippen LogP contribution is -2.30. The summed E-state index contributed by atoms with van der Waals surface area (Å²) in [4.78, 5) is 38.1. The van der Waals surface area contributed by atoms with Crippen LogP contribution in [0.3, 0.4) is 0 Å². The molecule has 0 fully saturated rings. The van der Waals surface area contributed by atoms with Crippen LogP contribution in [0.25, 0.3) is 0 Å². The highest BCUT2D eigenvalue weighted by Gasteiger charge is 2.19. The lowest BCUT2D eigenvalue weighted by Gasteiger charge is -2.18. The van der Waals surface area contributed by atoms with Gasteiger partial charge in [-0.3, -0.25) is 14.4 Å². The minimum absolute atomic E-state index is 0.0801. The van der Waals surface area contributed by atoms with Crippen molar-refractivity contribution < 1.29 is 28.6 Å². The van der Waals surface area contributed by atoms with Crippen molar-refractivity contribution in [2.24, 2.45) is 0 Å². The van der Waals surface area contributed by atoms with E-state index in [1.807, 2.05) is 0 Å². The van der Waals surface area contributed by atoms with E-state index in [1.165, 1.54) is 154 Å². The van der Waals surface area contributed by atoms with Crippen molar-refractivity contribution in [3.05, 3.63) is 97.2 Å².